The lowest BCUT2D eigenvalue weighted by Gasteiger charge is -2.08. The van der Waals surface area contributed by atoms with Crippen molar-refractivity contribution in [1.29, 1.82) is 0 Å². The van der Waals surface area contributed by atoms with Crippen LogP contribution in [0.25, 0.3) is 22.0 Å². The topological polar surface area (TPSA) is 113 Å². The number of aromatic nitrogens is 4. The Hall–Kier alpha value is -3.94. The van der Waals surface area contributed by atoms with E-state index < -0.39 is 5.91 Å². The van der Waals surface area contributed by atoms with Crippen molar-refractivity contribution < 1.29 is 14.6 Å². The van der Waals surface area contributed by atoms with Crippen LogP contribution in [0.3, 0.4) is 0 Å². The van der Waals surface area contributed by atoms with Crippen molar-refractivity contribution in [1.82, 2.24) is 25.5 Å². The standard InChI is InChI=1S/C21H19N5O3/c1-29-16-4-2-3-13(9-16)7-8-22-21(28)19-25-18-6-5-14(15-11-23-24-12-15)10-17(18)20(27)26-19/h2-6,9-12H,7-8H2,1H3,(H,22,28)(H,23,24)(H,25,26,27). The molecule has 4 aromatic rings. The molecule has 0 aliphatic rings. The highest BCUT2D eigenvalue weighted by atomic mass is 16.5. The molecule has 2 aromatic carbocycles. The third-order valence-electron chi connectivity index (χ3n) is 4.54. The fourth-order valence-electron chi connectivity index (χ4n) is 3.03. The first kappa shape index (κ1) is 18.4. The zero-order valence-electron chi connectivity index (χ0n) is 15.7. The zero-order chi connectivity index (χ0) is 20.2. The minimum Gasteiger partial charge on any atom is -0.497 e. The highest BCUT2D eigenvalue weighted by Crippen LogP contribution is 2.27. The van der Waals surface area contributed by atoms with E-state index in [1.54, 1.807) is 31.6 Å². The van der Waals surface area contributed by atoms with Crippen LogP contribution in [-0.4, -0.2) is 44.8 Å². The van der Waals surface area contributed by atoms with Gasteiger partial charge in [-0.3, -0.25) is 9.89 Å². The van der Waals surface area contributed by atoms with Crippen LogP contribution < -0.4 is 10.1 Å². The summed E-state index contributed by atoms with van der Waals surface area (Å²) in [5.41, 5.74) is 3.27. The van der Waals surface area contributed by atoms with E-state index in [0.717, 1.165) is 22.4 Å². The van der Waals surface area contributed by atoms with Crippen LogP contribution in [-0.2, 0) is 6.42 Å². The first-order valence-corrected chi connectivity index (χ1v) is 9.05. The number of nitrogens with zero attached hydrogens (tertiary/aromatic N) is 3. The van der Waals surface area contributed by atoms with Gasteiger partial charge in [0.15, 0.2) is 0 Å². The van der Waals surface area contributed by atoms with Gasteiger partial charge in [0.05, 0.1) is 24.2 Å². The van der Waals surface area contributed by atoms with Gasteiger partial charge in [-0.2, -0.15) is 10.1 Å². The molecular weight excluding hydrogens is 370 g/mol. The monoisotopic (exact) mass is 389 g/mol. The van der Waals surface area contributed by atoms with Crippen LogP contribution in [0, 0.1) is 0 Å². The lowest BCUT2D eigenvalue weighted by molar-refractivity contribution is 0.0943. The van der Waals surface area contributed by atoms with E-state index in [0.29, 0.717) is 23.9 Å². The van der Waals surface area contributed by atoms with E-state index in [-0.39, 0.29) is 11.7 Å². The van der Waals surface area contributed by atoms with Crippen molar-refractivity contribution in [2.24, 2.45) is 0 Å². The van der Waals surface area contributed by atoms with Crippen molar-refractivity contribution in [2.45, 2.75) is 6.42 Å². The summed E-state index contributed by atoms with van der Waals surface area (Å²) in [4.78, 5) is 20.7. The Labute approximate surface area is 166 Å². The van der Waals surface area contributed by atoms with Crippen LogP contribution >= 0.6 is 0 Å². The Morgan fingerprint density at radius 2 is 2.07 bits per heavy atom. The molecule has 2 aromatic heterocycles. The maximum Gasteiger partial charge on any atom is 0.289 e. The van der Waals surface area contributed by atoms with Gasteiger partial charge in [0, 0.05) is 18.3 Å². The lowest BCUT2D eigenvalue weighted by atomic mass is 10.1. The van der Waals surface area contributed by atoms with Gasteiger partial charge < -0.3 is 15.2 Å². The van der Waals surface area contributed by atoms with E-state index in [1.165, 1.54) is 0 Å². The van der Waals surface area contributed by atoms with E-state index in [9.17, 15) is 9.90 Å². The number of aromatic amines is 1. The summed E-state index contributed by atoms with van der Waals surface area (Å²) in [7, 11) is 1.61. The number of fused-ring (bicyclic) bond motifs is 1. The number of hydrogen-bond donors (Lipinski definition) is 3. The smallest absolute Gasteiger partial charge is 0.289 e. The molecule has 2 heterocycles. The number of carbonyl (C=O) groups excluding carboxylic acids is 1. The van der Waals surface area contributed by atoms with Gasteiger partial charge >= 0.3 is 0 Å². The highest BCUT2D eigenvalue weighted by Gasteiger charge is 2.14. The molecule has 0 aliphatic heterocycles. The molecule has 0 unspecified atom stereocenters. The molecule has 0 bridgehead atoms. The number of hydrogen-bond acceptors (Lipinski definition) is 6. The average molecular weight is 389 g/mol. The summed E-state index contributed by atoms with van der Waals surface area (Å²) >= 11 is 0. The Balaban J connectivity index is 1.48. The second-order valence-corrected chi connectivity index (χ2v) is 6.45. The predicted molar refractivity (Wildman–Crippen MR) is 108 cm³/mol. The van der Waals surface area contributed by atoms with Crippen molar-refractivity contribution >= 4 is 16.8 Å². The summed E-state index contributed by atoms with van der Waals surface area (Å²) in [6.07, 6.45) is 4.07. The summed E-state index contributed by atoms with van der Waals surface area (Å²) in [6.45, 7) is 0.410. The molecule has 0 saturated carbocycles. The molecule has 1 amide bonds. The minimum absolute atomic E-state index is 0.0725. The number of rotatable bonds is 6. The number of carbonyl (C=O) groups is 1. The molecular formula is C21H19N5O3. The van der Waals surface area contributed by atoms with Crippen molar-refractivity contribution in [2.75, 3.05) is 13.7 Å². The molecule has 0 atom stereocenters. The maximum atomic E-state index is 12.4. The number of aromatic hydroxyl groups is 1. The van der Waals surface area contributed by atoms with Crippen molar-refractivity contribution in [3.05, 3.63) is 66.2 Å². The van der Waals surface area contributed by atoms with Crippen LogP contribution in [0.4, 0.5) is 0 Å². The largest absolute Gasteiger partial charge is 0.497 e. The summed E-state index contributed by atoms with van der Waals surface area (Å²) in [5, 5.41) is 20.2. The molecule has 0 saturated heterocycles. The second kappa shape index (κ2) is 7.97. The summed E-state index contributed by atoms with van der Waals surface area (Å²) in [5.74, 6) is 0.0189. The summed E-state index contributed by atoms with van der Waals surface area (Å²) in [6, 6.07) is 13.0. The molecule has 0 radical (unpaired) electrons. The van der Waals surface area contributed by atoms with Gasteiger partial charge in [0.2, 0.25) is 11.7 Å². The molecule has 29 heavy (non-hydrogen) atoms. The Morgan fingerprint density at radius 3 is 2.86 bits per heavy atom. The number of methoxy groups -OCH3 is 1. The molecule has 0 fully saturated rings. The van der Waals surface area contributed by atoms with Gasteiger partial charge in [-0.05, 0) is 41.8 Å². The van der Waals surface area contributed by atoms with Gasteiger partial charge in [0.1, 0.15) is 5.75 Å². The second-order valence-electron chi connectivity index (χ2n) is 6.45. The van der Waals surface area contributed by atoms with Crippen molar-refractivity contribution in [3.8, 4) is 22.8 Å². The van der Waals surface area contributed by atoms with Crippen LogP contribution in [0.15, 0.2) is 54.9 Å². The first-order valence-electron chi connectivity index (χ1n) is 9.05. The minimum atomic E-state index is -0.441. The molecule has 8 nitrogen and oxygen atoms in total. The van der Waals surface area contributed by atoms with Gasteiger partial charge in [-0.1, -0.05) is 18.2 Å². The van der Waals surface area contributed by atoms with E-state index in [2.05, 4.69) is 25.5 Å². The average Bonchev–Trinajstić information content (AvgIpc) is 3.28. The summed E-state index contributed by atoms with van der Waals surface area (Å²) < 4.78 is 5.20. The van der Waals surface area contributed by atoms with Crippen LogP contribution in [0.1, 0.15) is 16.2 Å². The molecule has 146 valence electrons. The quantitative estimate of drug-likeness (QED) is 0.467. The molecule has 0 spiro atoms. The SMILES string of the molecule is COc1cccc(CCNC(=O)c2nc(O)c3cc(-c4cn[nH]c4)ccc3n2)c1. The molecule has 3 N–H and O–H groups in total. The lowest BCUT2D eigenvalue weighted by Crippen LogP contribution is -2.27. The Kier molecular flexibility index (Phi) is 5.07. The molecule has 8 heteroatoms. The zero-order valence-corrected chi connectivity index (χ0v) is 15.7. The number of nitrogens with one attached hydrogen (secondary N) is 2. The fourth-order valence-corrected chi connectivity index (χ4v) is 3.03. The number of H-pyrrole nitrogens is 1. The number of ether oxygens (including phenoxy) is 1. The van der Waals surface area contributed by atoms with Crippen molar-refractivity contribution in [3.63, 3.8) is 0 Å². The highest BCUT2D eigenvalue weighted by molar-refractivity contribution is 5.95. The van der Waals surface area contributed by atoms with E-state index in [4.69, 9.17) is 4.74 Å². The van der Waals surface area contributed by atoms with Gasteiger partial charge in [0.25, 0.3) is 5.91 Å². The first-order chi connectivity index (χ1) is 14.1. The van der Waals surface area contributed by atoms with Crippen LogP contribution in [0.5, 0.6) is 11.6 Å². The predicted octanol–water partition coefficient (Wildman–Crippen LogP) is 2.71. The van der Waals surface area contributed by atoms with E-state index in [1.807, 2.05) is 30.3 Å². The fraction of sp³-hybridized carbons (Fsp3) is 0.143. The molecule has 4 rings (SSSR count). The molecule has 0 aliphatic carbocycles. The number of benzene rings is 2. The Morgan fingerprint density at radius 1 is 1.17 bits per heavy atom. The normalized spacial score (nSPS) is 10.8. The van der Waals surface area contributed by atoms with Crippen LogP contribution in [0.2, 0.25) is 0 Å². The van der Waals surface area contributed by atoms with E-state index >= 15 is 0 Å². The Bertz CT molecular complexity index is 1160. The third kappa shape index (κ3) is 4.01. The third-order valence-corrected chi connectivity index (χ3v) is 4.54. The maximum absolute atomic E-state index is 12.4. The van der Waals surface area contributed by atoms with Gasteiger partial charge in [-0.15, -0.1) is 0 Å². The van der Waals surface area contributed by atoms with Gasteiger partial charge in [-0.25, -0.2) is 4.98 Å². The number of amides is 1.